The Morgan fingerprint density at radius 3 is 2.19 bits per heavy atom. The van der Waals surface area contributed by atoms with Gasteiger partial charge in [0.25, 0.3) is 0 Å². The number of hydrogen-bond acceptors (Lipinski definition) is 3. The van der Waals surface area contributed by atoms with Crippen LogP contribution in [0.2, 0.25) is 0 Å². The molecule has 1 atom stereocenters. The fourth-order valence-electron chi connectivity index (χ4n) is 2.30. The standard InChI is InChI=1S/C18H32N2S/c1-7-17(14-21-6)20(5)13-16-10-8-15(9-11-16)12-19-18(2,3)4/h8-11,17,19H,7,12-14H2,1-6H3. The molecule has 120 valence electrons. The van der Waals surface area contributed by atoms with Gasteiger partial charge in [-0.3, -0.25) is 4.90 Å². The third-order valence-corrected chi connectivity index (χ3v) is 4.45. The molecule has 0 saturated heterocycles. The van der Waals surface area contributed by atoms with Gasteiger partial charge in [0.2, 0.25) is 0 Å². The van der Waals surface area contributed by atoms with E-state index in [1.54, 1.807) is 0 Å². The topological polar surface area (TPSA) is 15.3 Å². The Morgan fingerprint density at radius 1 is 1.14 bits per heavy atom. The molecule has 21 heavy (non-hydrogen) atoms. The van der Waals surface area contributed by atoms with Crippen LogP contribution in [0.5, 0.6) is 0 Å². The molecule has 0 aliphatic rings. The van der Waals surface area contributed by atoms with Crippen molar-refractivity contribution in [3.8, 4) is 0 Å². The van der Waals surface area contributed by atoms with Gasteiger partial charge < -0.3 is 5.32 Å². The van der Waals surface area contributed by atoms with Gasteiger partial charge in [0.1, 0.15) is 0 Å². The van der Waals surface area contributed by atoms with Crippen LogP contribution >= 0.6 is 11.8 Å². The highest BCUT2D eigenvalue weighted by molar-refractivity contribution is 7.98. The summed E-state index contributed by atoms with van der Waals surface area (Å²) in [5.74, 6) is 1.21. The lowest BCUT2D eigenvalue weighted by Crippen LogP contribution is -2.35. The molecular weight excluding hydrogens is 276 g/mol. The van der Waals surface area contributed by atoms with Gasteiger partial charge >= 0.3 is 0 Å². The smallest absolute Gasteiger partial charge is 0.0233 e. The highest BCUT2D eigenvalue weighted by Gasteiger charge is 2.12. The minimum absolute atomic E-state index is 0.172. The van der Waals surface area contributed by atoms with Gasteiger partial charge in [-0.2, -0.15) is 11.8 Å². The molecule has 0 radical (unpaired) electrons. The Kier molecular flexibility index (Phi) is 7.78. The van der Waals surface area contributed by atoms with Crippen molar-refractivity contribution in [2.75, 3.05) is 19.1 Å². The minimum Gasteiger partial charge on any atom is -0.308 e. The molecule has 2 nitrogen and oxygen atoms in total. The molecule has 0 aliphatic carbocycles. The van der Waals surface area contributed by atoms with Crippen molar-refractivity contribution in [2.45, 2.75) is 58.8 Å². The first-order valence-corrected chi connectivity index (χ1v) is 9.27. The summed E-state index contributed by atoms with van der Waals surface area (Å²) in [4.78, 5) is 2.47. The first-order valence-electron chi connectivity index (χ1n) is 7.87. The molecule has 1 aromatic rings. The van der Waals surface area contributed by atoms with Gasteiger partial charge in [-0.05, 0) is 51.6 Å². The van der Waals surface area contributed by atoms with Crippen LogP contribution in [0.3, 0.4) is 0 Å². The van der Waals surface area contributed by atoms with Crippen LogP contribution in [0.15, 0.2) is 24.3 Å². The summed E-state index contributed by atoms with van der Waals surface area (Å²) in [6.45, 7) is 10.8. The van der Waals surface area contributed by atoms with E-state index in [9.17, 15) is 0 Å². The quantitative estimate of drug-likeness (QED) is 0.777. The largest absolute Gasteiger partial charge is 0.308 e. The number of thioether (sulfide) groups is 1. The van der Waals surface area contributed by atoms with E-state index in [1.807, 2.05) is 11.8 Å². The Hall–Kier alpha value is -0.510. The summed E-state index contributed by atoms with van der Waals surface area (Å²) in [5.41, 5.74) is 2.93. The first-order chi connectivity index (χ1) is 9.85. The van der Waals surface area contributed by atoms with E-state index >= 15 is 0 Å². The van der Waals surface area contributed by atoms with E-state index in [0.717, 1.165) is 13.1 Å². The maximum absolute atomic E-state index is 3.53. The minimum atomic E-state index is 0.172. The van der Waals surface area contributed by atoms with Crippen LogP contribution in [-0.4, -0.2) is 35.5 Å². The van der Waals surface area contributed by atoms with Crippen molar-refractivity contribution in [3.63, 3.8) is 0 Å². The van der Waals surface area contributed by atoms with E-state index in [2.05, 4.69) is 75.5 Å². The number of hydrogen-bond donors (Lipinski definition) is 1. The fourth-order valence-corrected chi connectivity index (χ4v) is 3.17. The Labute approximate surface area is 135 Å². The number of nitrogens with one attached hydrogen (secondary N) is 1. The van der Waals surface area contributed by atoms with Crippen molar-refractivity contribution in [2.24, 2.45) is 0 Å². The normalized spacial score (nSPS) is 13.7. The number of nitrogens with zero attached hydrogens (tertiary/aromatic N) is 1. The monoisotopic (exact) mass is 308 g/mol. The summed E-state index contributed by atoms with van der Waals surface area (Å²) < 4.78 is 0. The van der Waals surface area contributed by atoms with Gasteiger partial charge in [0.15, 0.2) is 0 Å². The van der Waals surface area contributed by atoms with Crippen LogP contribution in [0, 0.1) is 0 Å². The molecule has 1 N–H and O–H groups in total. The van der Waals surface area contributed by atoms with Crippen LogP contribution in [0.4, 0.5) is 0 Å². The Balaban J connectivity index is 2.54. The summed E-state index contributed by atoms with van der Waals surface area (Å²) in [6.07, 6.45) is 3.40. The highest BCUT2D eigenvalue weighted by atomic mass is 32.2. The molecule has 0 heterocycles. The van der Waals surface area contributed by atoms with Gasteiger partial charge in [0, 0.05) is 30.4 Å². The van der Waals surface area contributed by atoms with E-state index in [-0.39, 0.29) is 5.54 Å². The Bertz CT molecular complexity index is 395. The summed E-state index contributed by atoms with van der Waals surface area (Å²) in [6, 6.07) is 9.70. The van der Waals surface area contributed by atoms with Gasteiger partial charge in [-0.1, -0.05) is 31.2 Å². The molecule has 1 rings (SSSR count). The molecule has 0 amide bonds. The van der Waals surface area contributed by atoms with Gasteiger partial charge in [0.05, 0.1) is 0 Å². The molecular formula is C18H32N2S. The zero-order chi connectivity index (χ0) is 15.9. The molecule has 0 spiro atoms. The number of benzene rings is 1. The predicted molar refractivity (Wildman–Crippen MR) is 97.0 cm³/mol. The average Bonchev–Trinajstić information content (AvgIpc) is 2.43. The van der Waals surface area contributed by atoms with Crippen molar-refractivity contribution in [3.05, 3.63) is 35.4 Å². The Morgan fingerprint density at radius 2 is 1.71 bits per heavy atom. The van der Waals surface area contributed by atoms with Crippen LogP contribution < -0.4 is 5.32 Å². The van der Waals surface area contributed by atoms with Crippen molar-refractivity contribution in [1.82, 2.24) is 10.2 Å². The highest BCUT2D eigenvalue weighted by Crippen LogP contribution is 2.13. The molecule has 0 saturated carbocycles. The second kappa shape index (κ2) is 8.82. The first kappa shape index (κ1) is 18.5. The maximum atomic E-state index is 3.53. The lowest BCUT2D eigenvalue weighted by atomic mass is 10.1. The van der Waals surface area contributed by atoms with Crippen molar-refractivity contribution >= 4 is 11.8 Å². The van der Waals surface area contributed by atoms with E-state index in [4.69, 9.17) is 0 Å². The van der Waals surface area contributed by atoms with Crippen LogP contribution in [-0.2, 0) is 13.1 Å². The van der Waals surface area contributed by atoms with Gasteiger partial charge in [-0.25, -0.2) is 0 Å². The molecule has 1 aromatic carbocycles. The van der Waals surface area contributed by atoms with Crippen molar-refractivity contribution < 1.29 is 0 Å². The number of rotatable bonds is 8. The zero-order valence-electron chi connectivity index (χ0n) is 14.6. The second-order valence-electron chi connectivity index (χ2n) is 6.85. The average molecular weight is 309 g/mol. The molecule has 0 bridgehead atoms. The summed E-state index contributed by atoms with van der Waals surface area (Å²) in [5, 5.41) is 3.53. The molecule has 0 fully saturated rings. The summed E-state index contributed by atoms with van der Waals surface area (Å²) >= 11 is 1.93. The third kappa shape index (κ3) is 7.35. The molecule has 0 aliphatic heterocycles. The third-order valence-electron chi connectivity index (χ3n) is 3.73. The molecule has 1 unspecified atom stereocenters. The van der Waals surface area contributed by atoms with E-state index < -0.39 is 0 Å². The van der Waals surface area contributed by atoms with E-state index in [0.29, 0.717) is 6.04 Å². The summed E-state index contributed by atoms with van der Waals surface area (Å²) in [7, 11) is 2.24. The van der Waals surface area contributed by atoms with Gasteiger partial charge in [-0.15, -0.1) is 0 Å². The predicted octanol–water partition coefficient (Wildman–Crippen LogP) is 4.15. The lowest BCUT2D eigenvalue weighted by Gasteiger charge is -2.26. The zero-order valence-corrected chi connectivity index (χ0v) is 15.4. The molecule has 0 aromatic heterocycles. The lowest BCUT2D eigenvalue weighted by molar-refractivity contribution is 0.248. The van der Waals surface area contributed by atoms with Crippen LogP contribution in [0.25, 0.3) is 0 Å². The van der Waals surface area contributed by atoms with Crippen LogP contribution in [0.1, 0.15) is 45.2 Å². The fraction of sp³-hybridized carbons (Fsp3) is 0.667. The maximum Gasteiger partial charge on any atom is 0.0233 e. The SMILES string of the molecule is CCC(CSC)N(C)Cc1ccc(CNC(C)(C)C)cc1. The molecule has 3 heteroatoms. The van der Waals surface area contributed by atoms with Crippen molar-refractivity contribution in [1.29, 1.82) is 0 Å². The van der Waals surface area contributed by atoms with E-state index in [1.165, 1.54) is 23.3 Å². The second-order valence-corrected chi connectivity index (χ2v) is 7.76.